The number of carbonyl (C=O) groups excluding carboxylic acids is 1. The molecule has 2 aromatic rings. The SMILES string of the molecule is C#CCOc1cc(CNC(=O)NCc2ccc(N3CCCCCC3)nc2)ccc1OC. The molecule has 1 aromatic carbocycles. The van der Waals surface area contributed by atoms with E-state index < -0.39 is 0 Å². The van der Waals surface area contributed by atoms with Crippen molar-refractivity contribution in [1.82, 2.24) is 15.6 Å². The highest BCUT2D eigenvalue weighted by Crippen LogP contribution is 2.28. The van der Waals surface area contributed by atoms with Gasteiger partial charge in [0.05, 0.1) is 7.11 Å². The maximum atomic E-state index is 12.2. The first-order valence-electron chi connectivity index (χ1n) is 10.6. The van der Waals surface area contributed by atoms with E-state index in [1.807, 2.05) is 30.5 Å². The average Bonchev–Trinajstić information content (AvgIpc) is 3.10. The molecule has 1 saturated heterocycles. The molecule has 0 unspecified atom stereocenters. The Morgan fingerprint density at radius 3 is 2.42 bits per heavy atom. The fourth-order valence-corrected chi connectivity index (χ4v) is 3.50. The first-order valence-corrected chi connectivity index (χ1v) is 10.6. The maximum absolute atomic E-state index is 12.2. The van der Waals surface area contributed by atoms with Crippen molar-refractivity contribution in [3.05, 3.63) is 47.7 Å². The van der Waals surface area contributed by atoms with E-state index in [1.54, 1.807) is 13.2 Å². The fourth-order valence-electron chi connectivity index (χ4n) is 3.50. The van der Waals surface area contributed by atoms with Gasteiger partial charge in [-0.25, -0.2) is 9.78 Å². The van der Waals surface area contributed by atoms with Crippen LogP contribution in [0.4, 0.5) is 10.6 Å². The van der Waals surface area contributed by atoms with Gasteiger partial charge in [-0.3, -0.25) is 0 Å². The van der Waals surface area contributed by atoms with Crippen molar-refractivity contribution in [1.29, 1.82) is 0 Å². The van der Waals surface area contributed by atoms with Crippen molar-refractivity contribution in [3.8, 4) is 23.8 Å². The minimum Gasteiger partial charge on any atom is -0.493 e. The van der Waals surface area contributed by atoms with Gasteiger partial charge in [0.15, 0.2) is 11.5 Å². The second-order valence-electron chi connectivity index (χ2n) is 7.44. The van der Waals surface area contributed by atoms with Crippen molar-refractivity contribution < 1.29 is 14.3 Å². The molecule has 0 bridgehead atoms. The van der Waals surface area contributed by atoms with Gasteiger partial charge in [0.2, 0.25) is 0 Å². The lowest BCUT2D eigenvalue weighted by Gasteiger charge is -2.21. The van der Waals surface area contributed by atoms with Crippen LogP contribution in [-0.4, -0.2) is 37.8 Å². The van der Waals surface area contributed by atoms with Crippen LogP contribution in [0.3, 0.4) is 0 Å². The Morgan fingerprint density at radius 1 is 1.06 bits per heavy atom. The van der Waals surface area contributed by atoms with Crippen LogP contribution < -0.4 is 25.0 Å². The van der Waals surface area contributed by atoms with E-state index in [0.29, 0.717) is 24.6 Å². The van der Waals surface area contributed by atoms with E-state index in [-0.39, 0.29) is 12.6 Å². The standard InChI is InChI=1S/C24H30N4O3/c1-3-14-31-22-15-19(8-10-21(22)30-2)16-26-24(29)27-18-20-9-11-23(25-17-20)28-12-6-4-5-7-13-28/h1,8-11,15,17H,4-7,12-14,16,18H2,2H3,(H2,26,27,29). The molecular weight excluding hydrogens is 392 g/mol. The predicted molar refractivity (Wildman–Crippen MR) is 121 cm³/mol. The van der Waals surface area contributed by atoms with Gasteiger partial charge in [-0.1, -0.05) is 30.9 Å². The number of nitrogens with one attached hydrogen (secondary N) is 2. The summed E-state index contributed by atoms with van der Waals surface area (Å²) in [5.74, 6) is 4.59. The molecule has 1 fully saturated rings. The van der Waals surface area contributed by atoms with Crippen LogP contribution in [-0.2, 0) is 13.1 Å². The molecule has 0 atom stereocenters. The molecule has 7 heteroatoms. The third kappa shape index (κ3) is 6.82. The van der Waals surface area contributed by atoms with Gasteiger partial charge in [0.1, 0.15) is 12.4 Å². The lowest BCUT2D eigenvalue weighted by Crippen LogP contribution is -2.34. The highest BCUT2D eigenvalue weighted by molar-refractivity contribution is 5.73. The summed E-state index contributed by atoms with van der Waals surface area (Å²) in [4.78, 5) is 19.1. The van der Waals surface area contributed by atoms with Crippen LogP contribution in [0.5, 0.6) is 11.5 Å². The highest BCUT2D eigenvalue weighted by atomic mass is 16.5. The van der Waals surface area contributed by atoms with Gasteiger partial charge in [0.25, 0.3) is 0 Å². The first kappa shape index (κ1) is 22.3. The monoisotopic (exact) mass is 422 g/mol. The largest absolute Gasteiger partial charge is 0.493 e. The molecule has 7 nitrogen and oxygen atoms in total. The van der Waals surface area contributed by atoms with Crippen molar-refractivity contribution >= 4 is 11.8 Å². The molecule has 1 aliphatic heterocycles. The smallest absolute Gasteiger partial charge is 0.315 e. The van der Waals surface area contributed by atoms with Gasteiger partial charge >= 0.3 is 6.03 Å². The minimum absolute atomic E-state index is 0.151. The van der Waals surface area contributed by atoms with Gasteiger partial charge < -0.3 is 25.0 Å². The third-order valence-electron chi connectivity index (χ3n) is 5.18. The average molecular weight is 423 g/mol. The summed E-state index contributed by atoms with van der Waals surface area (Å²) >= 11 is 0. The van der Waals surface area contributed by atoms with E-state index in [4.69, 9.17) is 15.9 Å². The Morgan fingerprint density at radius 2 is 1.77 bits per heavy atom. The Labute approximate surface area is 184 Å². The lowest BCUT2D eigenvalue weighted by atomic mass is 10.2. The number of ether oxygens (including phenoxy) is 2. The zero-order valence-electron chi connectivity index (χ0n) is 18.0. The van der Waals surface area contributed by atoms with Crippen LogP contribution in [0, 0.1) is 12.3 Å². The molecule has 0 saturated carbocycles. The van der Waals surface area contributed by atoms with Crippen molar-refractivity contribution in [2.75, 3.05) is 31.7 Å². The number of rotatable bonds is 8. The minimum atomic E-state index is -0.251. The number of methoxy groups -OCH3 is 1. The van der Waals surface area contributed by atoms with Gasteiger partial charge in [-0.2, -0.15) is 0 Å². The molecular formula is C24H30N4O3. The van der Waals surface area contributed by atoms with Crippen LogP contribution in [0.15, 0.2) is 36.5 Å². The number of nitrogens with zero attached hydrogens (tertiary/aromatic N) is 2. The Hall–Kier alpha value is -3.40. The van der Waals surface area contributed by atoms with Gasteiger partial charge in [0, 0.05) is 32.4 Å². The van der Waals surface area contributed by atoms with Crippen molar-refractivity contribution in [2.24, 2.45) is 0 Å². The summed E-state index contributed by atoms with van der Waals surface area (Å²) in [6.45, 7) is 3.05. The second-order valence-corrected chi connectivity index (χ2v) is 7.44. The molecule has 0 radical (unpaired) electrons. The fraction of sp³-hybridized carbons (Fsp3) is 0.417. The van der Waals surface area contributed by atoms with Gasteiger partial charge in [-0.05, 0) is 42.2 Å². The number of carbonyl (C=O) groups is 1. The number of amides is 2. The number of hydrogen-bond donors (Lipinski definition) is 2. The molecule has 2 heterocycles. The molecule has 31 heavy (non-hydrogen) atoms. The summed E-state index contributed by atoms with van der Waals surface area (Å²) in [7, 11) is 1.57. The molecule has 3 rings (SSSR count). The van der Waals surface area contributed by atoms with E-state index in [9.17, 15) is 4.79 Å². The summed E-state index contributed by atoms with van der Waals surface area (Å²) in [5, 5.41) is 5.71. The number of hydrogen-bond acceptors (Lipinski definition) is 5. The van der Waals surface area contributed by atoms with Crippen LogP contribution in [0.25, 0.3) is 0 Å². The quantitative estimate of drug-likeness (QED) is 0.637. The highest BCUT2D eigenvalue weighted by Gasteiger charge is 2.11. The summed E-state index contributed by atoms with van der Waals surface area (Å²) in [6.07, 6.45) is 12.1. The number of pyridine rings is 1. The maximum Gasteiger partial charge on any atom is 0.315 e. The van der Waals surface area contributed by atoms with E-state index in [1.165, 1.54) is 25.7 Å². The summed E-state index contributed by atoms with van der Waals surface area (Å²) in [6, 6.07) is 9.27. The third-order valence-corrected chi connectivity index (χ3v) is 5.18. The molecule has 0 spiro atoms. The van der Waals surface area contributed by atoms with E-state index >= 15 is 0 Å². The summed E-state index contributed by atoms with van der Waals surface area (Å²) in [5.41, 5.74) is 1.84. The summed E-state index contributed by atoms with van der Waals surface area (Å²) < 4.78 is 10.8. The van der Waals surface area contributed by atoms with Crippen LogP contribution in [0.1, 0.15) is 36.8 Å². The first-order chi connectivity index (χ1) is 15.2. The molecule has 1 aliphatic rings. The molecule has 164 valence electrons. The zero-order valence-corrected chi connectivity index (χ0v) is 18.0. The molecule has 2 amide bonds. The Balaban J connectivity index is 1.46. The van der Waals surface area contributed by atoms with Gasteiger partial charge in [-0.15, -0.1) is 6.42 Å². The topological polar surface area (TPSA) is 75.7 Å². The van der Waals surface area contributed by atoms with Crippen LogP contribution in [0.2, 0.25) is 0 Å². The normalized spacial score (nSPS) is 13.6. The van der Waals surface area contributed by atoms with Crippen molar-refractivity contribution in [2.45, 2.75) is 38.8 Å². The van der Waals surface area contributed by atoms with Crippen molar-refractivity contribution in [3.63, 3.8) is 0 Å². The van der Waals surface area contributed by atoms with E-state index in [0.717, 1.165) is 30.0 Å². The molecule has 1 aromatic heterocycles. The Bertz CT molecular complexity index is 885. The molecule has 0 aliphatic carbocycles. The number of benzene rings is 1. The number of aromatic nitrogens is 1. The lowest BCUT2D eigenvalue weighted by molar-refractivity contribution is 0.240. The number of terminal acetylenes is 1. The van der Waals surface area contributed by atoms with Crippen LogP contribution >= 0.6 is 0 Å². The number of urea groups is 1. The zero-order chi connectivity index (χ0) is 21.9. The predicted octanol–water partition coefficient (Wildman–Crippen LogP) is 3.48. The Kier molecular flexibility index (Phi) is 8.41. The second kappa shape index (κ2) is 11.7. The van der Waals surface area contributed by atoms with E-state index in [2.05, 4.69) is 26.4 Å². The number of anilines is 1. The molecule has 2 N–H and O–H groups in total.